The number of fused-ring (bicyclic) bond motifs is 7. The molecule has 10 aromatic rings. The molecule has 0 spiro atoms. The molecule has 1 nitrogen and oxygen atoms in total. The van der Waals surface area contributed by atoms with E-state index in [1.165, 1.54) is 109 Å². The summed E-state index contributed by atoms with van der Waals surface area (Å²) in [5, 5.41) is 5.19. The molecule has 11 rings (SSSR count). The fraction of sp³-hybridized carbons (Fsp3) is 0.0370. The van der Waals surface area contributed by atoms with Gasteiger partial charge in [0.2, 0.25) is 0 Å². The molecular weight excluding hydrogens is 738 g/mol. The molecule has 0 fully saturated rings. The maximum Gasteiger partial charge on any atom is 0.141 e. The second kappa shape index (κ2) is 14.1. The number of thiophene rings is 1. The van der Waals surface area contributed by atoms with Gasteiger partial charge in [0.1, 0.15) is 31.4 Å². The third kappa shape index (κ3) is 5.44. The fourth-order valence-corrected chi connectivity index (χ4v) is 11.6. The van der Waals surface area contributed by atoms with Crippen LogP contribution in [0.1, 0.15) is 23.6 Å². The Morgan fingerprint density at radius 2 is 1.05 bits per heavy atom. The number of anilines is 3. The van der Waals surface area contributed by atoms with Gasteiger partial charge in [-0.3, -0.25) is 0 Å². The number of hydrogen-bond acceptors (Lipinski definition) is 2. The molecular formula is C54H41B4NS. The Labute approximate surface area is 360 Å². The number of hydrogen-bond donors (Lipinski definition) is 0. The Balaban J connectivity index is 1.17. The van der Waals surface area contributed by atoms with E-state index in [0.717, 1.165) is 11.4 Å². The van der Waals surface area contributed by atoms with Crippen molar-refractivity contribution < 1.29 is 0 Å². The number of rotatable bonds is 6. The number of benzene rings is 9. The monoisotopic (exact) mass is 779 g/mol. The first-order valence-corrected chi connectivity index (χ1v) is 21.8. The van der Waals surface area contributed by atoms with Crippen molar-refractivity contribution in [1.29, 1.82) is 0 Å². The van der Waals surface area contributed by atoms with E-state index in [1.54, 1.807) is 0 Å². The van der Waals surface area contributed by atoms with Crippen molar-refractivity contribution in [3.63, 3.8) is 0 Å². The molecule has 0 radical (unpaired) electrons. The lowest BCUT2D eigenvalue weighted by Crippen LogP contribution is -2.46. The van der Waals surface area contributed by atoms with Crippen LogP contribution in [0, 0.1) is 0 Å². The number of nitrogens with zero attached hydrogens (tertiary/aromatic N) is 1. The van der Waals surface area contributed by atoms with Crippen LogP contribution in [0.5, 0.6) is 0 Å². The highest BCUT2D eigenvalue weighted by molar-refractivity contribution is 7.26. The summed E-state index contributed by atoms with van der Waals surface area (Å²) >= 11 is 1.89. The Hall–Kier alpha value is -6.48. The quantitative estimate of drug-likeness (QED) is 0.154. The van der Waals surface area contributed by atoms with E-state index in [-0.39, 0.29) is 5.41 Å². The fourth-order valence-electron chi connectivity index (χ4n) is 10.4. The molecule has 60 heavy (non-hydrogen) atoms. The van der Waals surface area contributed by atoms with Crippen LogP contribution in [0.3, 0.4) is 0 Å². The van der Waals surface area contributed by atoms with Crippen molar-refractivity contribution in [2.45, 2.75) is 12.3 Å². The lowest BCUT2D eigenvalue weighted by molar-refractivity contribution is 0.714. The van der Waals surface area contributed by atoms with Crippen molar-refractivity contribution in [2.24, 2.45) is 0 Å². The molecule has 0 N–H and O–H groups in total. The van der Waals surface area contributed by atoms with Crippen molar-refractivity contribution in [3.8, 4) is 33.4 Å². The summed E-state index contributed by atoms with van der Waals surface area (Å²) in [5.41, 5.74) is 20.1. The summed E-state index contributed by atoms with van der Waals surface area (Å²) in [6, 6.07) is 67.6. The van der Waals surface area contributed by atoms with Gasteiger partial charge in [0, 0.05) is 42.6 Å². The smallest absolute Gasteiger partial charge is 0.141 e. The molecule has 1 aromatic heterocycles. The van der Waals surface area contributed by atoms with E-state index >= 15 is 0 Å². The average molecular weight is 779 g/mol. The third-order valence-electron chi connectivity index (χ3n) is 13.6. The topological polar surface area (TPSA) is 3.24 Å². The molecule has 6 heteroatoms. The van der Waals surface area contributed by atoms with E-state index in [4.69, 9.17) is 0 Å². The van der Waals surface area contributed by atoms with E-state index in [9.17, 15) is 0 Å². The van der Waals surface area contributed by atoms with Gasteiger partial charge in [-0.2, -0.15) is 0 Å². The van der Waals surface area contributed by atoms with Crippen LogP contribution in [0.2, 0.25) is 0 Å². The molecule has 1 atom stereocenters. The maximum absolute atomic E-state index is 2.56. The minimum absolute atomic E-state index is 0.318. The second-order valence-corrected chi connectivity index (χ2v) is 17.7. The average Bonchev–Trinajstić information content (AvgIpc) is 3.81. The zero-order valence-electron chi connectivity index (χ0n) is 34.7. The van der Waals surface area contributed by atoms with Crippen LogP contribution in [0.25, 0.3) is 64.3 Å². The second-order valence-electron chi connectivity index (χ2n) is 16.7. The molecule has 0 amide bonds. The molecule has 1 aliphatic carbocycles. The van der Waals surface area contributed by atoms with Crippen LogP contribution < -0.4 is 26.8 Å². The van der Waals surface area contributed by atoms with Gasteiger partial charge in [0.15, 0.2) is 0 Å². The van der Waals surface area contributed by atoms with E-state index in [0.29, 0.717) is 0 Å². The SMILES string of the molecule is Bc1c(B)c(N(c2cccc(-c3cccc4c3sc3ccccc34)c2)c2ccc3c(c2)C(C)(c2ccccc2)c2ccccc2-3)c(B)c(B)c1-c1cccc2ccccc12. The van der Waals surface area contributed by atoms with E-state index in [1.807, 2.05) is 11.3 Å². The van der Waals surface area contributed by atoms with Crippen LogP contribution in [-0.4, -0.2) is 31.4 Å². The normalized spacial score (nSPS) is 14.4. The van der Waals surface area contributed by atoms with Gasteiger partial charge in [0.05, 0.1) is 0 Å². The molecule has 0 saturated heterocycles. The zero-order chi connectivity index (χ0) is 40.7. The van der Waals surface area contributed by atoms with Gasteiger partial charge in [-0.1, -0.05) is 174 Å². The Kier molecular flexibility index (Phi) is 8.58. The van der Waals surface area contributed by atoms with Crippen molar-refractivity contribution in [1.82, 2.24) is 0 Å². The first kappa shape index (κ1) is 36.6. The standard InChI is InChI=1S/C54H41B4NS/c1-54(34-17-3-2-4-18-34)44-26-9-7-21-39(44)40-29-28-36(31-45(40)54)59(35-19-11-16-33(30-35)38-23-13-25-43-41-22-8-10-27-46(41)60-53(38)43)52-50(57)48(55)47(49(56)51(52)58)42-24-12-15-32-14-5-6-20-37(32)42/h2-31H,55-58H2,1H3. The van der Waals surface area contributed by atoms with Crippen LogP contribution in [0.4, 0.5) is 17.1 Å². The van der Waals surface area contributed by atoms with Gasteiger partial charge in [-0.15, -0.1) is 11.3 Å². The van der Waals surface area contributed by atoms with Crippen LogP contribution in [-0.2, 0) is 5.41 Å². The Morgan fingerprint density at radius 1 is 0.450 bits per heavy atom. The largest absolute Gasteiger partial charge is 0.312 e. The highest BCUT2D eigenvalue weighted by Crippen LogP contribution is 2.54. The molecule has 1 aliphatic rings. The molecule has 0 bridgehead atoms. The summed E-state index contributed by atoms with van der Waals surface area (Å²) < 4.78 is 2.65. The van der Waals surface area contributed by atoms with Gasteiger partial charge in [0.25, 0.3) is 0 Å². The molecule has 0 saturated carbocycles. The van der Waals surface area contributed by atoms with Gasteiger partial charge in [-0.25, -0.2) is 0 Å². The van der Waals surface area contributed by atoms with Crippen LogP contribution in [0.15, 0.2) is 182 Å². The predicted octanol–water partition coefficient (Wildman–Crippen LogP) is 8.38. The summed E-state index contributed by atoms with van der Waals surface area (Å²) in [5.74, 6) is 0. The predicted molar refractivity (Wildman–Crippen MR) is 273 cm³/mol. The first-order chi connectivity index (χ1) is 29.3. The van der Waals surface area contributed by atoms with Crippen molar-refractivity contribution >= 4 is 113 Å². The Bertz CT molecular complexity index is 3320. The molecule has 280 valence electrons. The summed E-state index contributed by atoms with van der Waals surface area (Å²) in [6.07, 6.45) is 0. The van der Waals surface area contributed by atoms with Gasteiger partial charge < -0.3 is 4.90 Å². The minimum Gasteiger partial charge on any atom is -0.312 e. The maximum atomic E-state index is 2.56. The molecule has 1 heterocycles. The van der Waals surface area contributed by atoms with Crippen molar-refractivity contribution in [2.75, 3.05) is 4.90 Å². The van der Waals surface area contributed by atoms with Gasteiger partial charge >= 0.3 is 0 Å². The van der Waals surface area contributed by atoms with E-state index in [2.05, 4.69) is 225 Å². The minimum atomic E-state index is -0.318. The lowest BCUT2D eigenvalue weighted by atomic mass is 9.64. The lowest BCUT2D eigenvalue weighted by Gasteiger charge is -2.34. The third-order valence-corrected chi connectivity index (χ3v) is 14.8. The first-order valence-electron chi connectivity index (χ1n) is 21.0. The molecule has 1 unspecified atom stereocenters. The summed E-state index contributed by atoms with van der Waals surface area (Å²) in [7, 11) is 9.31. The van der Waals surface area contributed by atoms with E-state index < -0.39 is 0 Å². The van der Waals surface area contributed by atoms with Crippen molar-refractivity contribution in [3.05, 3.63) is 199 Å². The van der Waals surface area contributed by atoms with Gasteiger partial charge in [-0.05, 0) is 98.1 Å². The summed E-state index contributed by atoms with van der Waals surface area (Å²) in [6.45, 7) is 2.41. The highest BCUT2D eigenvalue weighted by Gasteiger charge is 2.41. The molecule has 9 aromatic carbocycles. The van der Waals surface area contributed by atoms with Crippen LogP contribution >= 0.6 is 11.3 Å². The highest BCUT2D eigenvalue weighted by atomic mass is 32.1. The zero-order valence-corrected chi connectivity index (χ0v) is 35.5. The Morgan fingerprint density at radius 3 is 1.88 bits per heavy atom. The molecule has 0 aliphatic heterocycles. The summed E-state index contributed by atoms with van der Waals surface area (Å²) in [4.78, 5) is 2.56.